The van der Waals surface area contributed by atoms with Crippen molar-refractivity contribution >= 4 is 26.0 Å². The molecule has 4 heteroatoms. The summed E-state index contributed by atoms with van der Waals surface area (Å²) >= 11 is 0. The largest absolute Gasteiger partial charge is 0.297 e. The summed E-state index contributed by atoms with van der Waals surface area (Å²) in [7, 11) is -4.54. The van der Waals surface area contributed by atoms with E-state index in [2.05, 4.69) is 55.2 Å². The maximum absolute atomic E-state index is 14.5. The average molecular weight is 432 g/mol. The highest BCUT2D eigenvalue weighted by Gasteiger charge is 2.30. The number of aryl methyl sites for hydroxylation is 1. The van der Waals surface area contributed by atoms with Gasteiger partial charge in [-0.05, 0) is 42.3 Å². The summed E-state index contributed by atoms with van der Waals surface area (Å²) in [5.74, 6) is 3.40. The van der Waals surface area contributed by atoms with Gasteiger partial charge < -0.3 is 0 Å². The maximum Gasteiger partial charge on any atom is 0.205 e. The third-order valence-electron chi connectivity index (χ3n) is 4.91. The molecule has 0 aromatic heterocycles. The molecule has 0 aliphatic heterocycles. The van der Waals surface area contributed by atoms with Crippen LogP contribution in [0.2, 0.25) is 19.6 Å². The van der Waals surface area contributed by atoms with Crippen molar-refractivity contribution in [3.8, 4) is 11.5 Å². The summed E-state index contributed by atoms with van der Waals surface area (Å²) in [6, 6.07) is 27.7. The van der Waals surface area contributed by atoms with Crippen LogP contribution in [0.1, 0.15) is 23.6 Å². The van der Waals surface area contributed by atoms with E-state index in [9.17, 15) is 4.57 Å². The number of rotatable bonds is 6. The molecule has 0 amide bonds. The number of benzene rings is 3. The van der Waals surface area contributed by atoms with E-state index in [4.69, 9.17) is 0 Å². The number of nitrogens with one attached hydrogen (secondary N) is 1. The predicted molar refractivity (Wildman–Crippen MR) is 133 cm³/mol. The van der Waals surface area contributed by atoms with E-state index in [-0.39, 0.29) is 6.04 Å². The SMILES string of the molecule is Cc1ccccc1[C@H](CC#C[Si](C)(C)C)NP(=O)(c1ccccc1)c1ccccc1. The van der Waals surface area contributed by atoms with Gasteiger partial charge in [-0.3, -0.25) is 9.65 Å². The molecule has 0 spiro atoms. The lowest BCUT2D eigenvalue weighted by Gasteiger charge is -2.27. The van der Waals surface area contributed by atoms with Crippen LogP contribution in [-0.2, 0) is 4.57 Å². The fourth-order valence-corrected chi connectivity index (χ4v) is 6.50. The molecule has 3 rings (SSSR count). The van der Waals surface area contributed by atoms with Crippen LogP contribution in [0.5, 0.6) is 0 Å². The average Bonchev–Trinajstić information content (AvgIpc) is 2.74. The monoisotopic (exact) mass is 431 g/mol. The Hall–Kier alpha value is -2.37. The third kappa shape index (κ3) is 5.61. The molecule has 0 radical (unpaired) electrons. The Morgan fingerprint density at radius 2 is 1.33 bits per heavy atom. The van der Waals surface area contributed by atoms with Crippen molar-refractivity contribution in [3.05, 3.63) is 96.1 Å². The van der Waals surface area contributed by atoms with Gasteiger partial charge in [0, 0.05) is 23.1 Å². The summed E-state index contributed by atoms with van der Waals surface area (Å²) in [6.07, 6.45) is 0.624. The first-order chi connectivity index (χ1) is 14.3. The second-order valence-corrected chi connectivity index (χ2v) is 15.8. The molecule has 0 saturated carbocycles. The summed E-state index contributed by atoms with van der Waals surface area (Å²) in [5, 5.41) is 5.20. The van der Waals surface area contributed by atoms with Crippen LogP contribution in [0.15, 0.2) is 84.9 Å². The lowest BCUT2D eigenvalue weighted by molar-refractivity contribution is 0.562. The lowest BCUT2D eigenvalue weighted by atomic mass is 10.00. The highest BCUT2D eigenvalue weighted by atomic mass is 31.2. The van der Waals surface area contributed by atoms with E-state index >= 15 is 0 Å². The molecule has 1 atom stereocenters. The second-order valence-electron chi connectivity index (χ2n) is 8.57. The molecule has 0 bridgehead atoms. The summed E-state index contributed by atoms with van der Waals surface area (Å²) in [4.78, 5) is 0. The fraction of sp³-hybridized carbons (Fsp3) is 0.231. The number of hydrogen-bond acceptors (Lipinski definition) is 1. The van der Waals surface area contributed by atoms with Crippen LogP contribution < -0.4 is 15.7 Å². The van der Waals surface area contributed by atoms with E-state index in [1.54, 1.807) is 0 Å². The molecule has 0 aliphatic carbocycles. The van der Waals surface area contributed by atoms with Crippen molar-refractivity contribution in [2.75, 3.05) is 0 Å². The van der Waals surface area contributed by atoms with Crippen LogP contribution >= 0.6 is 7.29 Å². The van der Waals surface area contributed by atoms with E-state index in [0.717, 1.165) is 16.2 Å². The Bertz CT molecular complexity index is 1040. The van der Waals surface area contributed by atoms with Gasteiger partial charge in [-0.15, -0.1) is 11.5 Å². The molecule has 1 N–H and O–H groups in total. The van der Waals surface area contributed by atoms with E-state index in [1.807, 2.05) is 72.8 Å². The molecular weight excluding hydrogens is 401 g/mol. The quantitative estimate of drug-likeness (QED) is 0.302. The Balaban J connectivity index is 2.08. The molecule has 0 fully saturated rings. The Morgan fingerprint density at radius 3 is 1.83 bits per heavy atom. The molecule has 3 aromatic rings. The molecule has 3 aromatic carbocycles. The maximum atomic E-state index is 14.5. The molecule has 154 valence electrons. The van der Waals surface area contributed by atoms with Gasteiger partial charge in [-0.2, -0.15) is 0 Å². The van der Waals surface area contributed by atoms with Crippen molar-refractivity contribution in [2.24, 2.45) is 0 Å². The van der Waals surface area contributed by atoms with Gasteiger partial charge in [0.15, 0.2) is 0 Å². The van der Waals surface area contributed by atoms with Crippen LogP contribution in [0.3, 0.4) is 0 Å². The van der Waals surface area contributed by atoms with Gasteiger partial charge in [0.25, 0.3) is 0 Å². The molecule has 0 aliphatic rings. The molecule has 0 saturated heterocycles. The van der Waals surface area contributed by atoms with Crippen molar-refractivity contribution in [1.29, 1.82) is 0 Å². The second kappa shape index (κ2) is 9.62. The van der Waals surface area contributed by atoms with Crippen molar-refractivity contribution < 1.29 is 4.57 Å². The molecule has 2 nitrogen and oxygen atoms in total. The van der Waals surface area contributed by atoms with Gasteiger partial charge in [0.1, 0.15) is 8.07 Å². The zero-order valence-corrected chi connectivity index (χ0v) is 20.1. The minimum Gasteiger partial charge on any atom is -0.297 e. The van der Waals surface area contributed by atoms with Crippen LogP contribution in [0.25, 0.3) is 0 Å². The highest BCUT2D eigenvalue weighted by molar-refractivity contribution is 7.76. The number of hydrogen-bond donors (Lipinski definition) is 1. The van der Waals surface area contributed by atoms with Gasteiger partial charge in [-0.1, -0.05) is 80.3 Å². The Morgan fingerprint density at radius 1 is 0.833 bits per heavy atom. The first kappa shape index (κ1) is 22.3. The van der Waals surface area contributed by atoms with E-state index in [1.165, 1.54) is 5.56 Å². The van der Waals surface area contributed by atoms with Crippen LogP contribution in [0, 0.1) is 18.4 Å². The minimum absolute atomic E-state index is 0.124. The zero-order valence-electron chi connectivity index (χ0n) is 18.2. The molecule has 0 heterocycles. The van der Waals surface area contributed by atoms with Crippen molar-refractivity contribution in [3.63, 3.8) is 0 Å². The topological polar surface area (TPSA) is 29.1 Å². The lowest BCUT2D eigenvalue weighted by Crippen LogP contribution is -2.31. The molecule has 30 heavy (non-hydrogen) atoms. The molecule has 0 unspecified atom stereocenters. The van der Waals surface area contributed by atoms with Gasteiger partial charge in [-0.25, -0.2) is 0 Å². The fourth-order valence-electron chi connectivity index (χ4n) is 3.41. The van der Waals surface area contributed by atoms with Gasteiger partial charge in [0.2, 0.25) is 7.29 Å². The van der Waals surface area contributed by atoms with E-state index < -0.39 is 15.4 Å². The summed E-state index contributed by atoms with van der Waals surface area (Å²) in [5.41, 5.74) is 5.79. The zero-order chi connectivity index (χ0) is 21.6. The van der Waals surface area contributed by atoms with Crippen molar-refractivity contribution in [2.45, 2.75) is 39.0 Å². The summed E-state index contributed by atoms with van der Waals surface area (Å²) < 4.78 is 14.5. The van der Waals surface area contributed by atoms with Crippen LogP contribution in [-0.4, -0.2) is 8.07 Å². The summed E-state index contributed by atoms with van der Waals surface area (Å²) in [6.45, 7) is 8.84. The van der Waals surface area contributed by atoms with Crippen molar-refractivity contribution in [1.82, 2.24) is 5.09 Å². The standard InChI is InChI=1S/C26H30NOPSi/c1-22-14-11-12-19-25(22)26(20-13-21-30(2,3)4)27-29(28,23-15-7-5-8-16-23)24-17-9-6-10-18-24/h5-12,14-19,26H,20H2,1-4H3,(H,27,28)/t26-/m0/s1. The Kier molecular flexibility index (Phi) is 7.16. The molecular formula is C26H30NOPSi. The van der Waals surface area contributed by atoms with E-state index in [0.29, 0.717) is 6.42 Å². The predicted octanol–water partition coefficient (Wildman–Crippen LogP) is 5.83. The Labute approximate surface area is 182 Å². The van der Waals surface area contributed by atoms with Crippen LogP contribution in [0.4, 0.5) is 0 Å². The third-order valence-corrected chi connectivity index (χ3v) is 8.56. The first-order valence-corrected chi connectivity index (χ1v) is 15.5. The highest BCUT2D eigenvalue weighted by Crippen LogP contribution is 2.42. The minimum atomic E-state index is -3.05. The normalized spacial score (nSPS) is 12.7. The van der Waals surface area contributed by atoms with Gasteiger partial charge >= 0.3 is 0 Å². The van der Waals surface area contributed by atoms with Gasteiger partial charge in [0.05, 0.1) is 0 Å². The first-order valence-electron chi connectivity index (χ1n) is 10.3. The smallest absolute Gasteiger partial charge is 0.205 e.